The molecule has 8 nitrogen and oxygen atoms in total. The predicted octanol–water partition coefficient (Wildman–Crippen LogP) is 3.65. The Kier molecular flexibility index (Phi) is 6.12. The smallest absolute Gasteiger partial charge is 0.263 e. The molecular weight excluding hydrogens is 428 g/mol. The first-order chi connectivity index (χ1) is 15.2. The van der Waals surface area contributed by atoms with Crippen LogP contribution in [0.1, 0.15) is 19.6 Å². The van der Waals surface area contributed by atoms with Gasteiger partial charge in [-0.2, -0.15) is 0 Å². The van der Waals surface area contributed by atoms with E-state index in [9.17, 15) is 8.42 Å². The molecule has 0 saturated carbocycles. The first kappa shape index (κ1) is 22.2. The summed E-state index contributed by atoms with van der Waals surface area (Å²) in [7, 11) is -2.37. The highest BCUT2D eigenvalue weighted by Gasteiger charge is 2.24. The Morgan fingerprint density at radius 2 is 1.75 bits per heavy atom. The molecule has 0 radical (unpaired) electrons. The van der Waals surface area contributed by atoms with Crippen molar-refractivity contribution in [3.8, 4) is 17.1 Å². The number of ether oxygens (including phenoxy) is 1. The molecular formula is C23H28N4O4S. The van der Waals surface area contributed by atoms with Gasteiger partial charge in [-0.05, 0) is 69.3 Å². The van der Waals surface area contributed by atoms with Crippen molar-refractivity contribution in [3.05, 3.63) is 54.3 Å². The van der Waals surface area contributed by atoms with Crippen LogP contribution in [0.3, 0.4) is 0 Å². The van der Waals surface area contributed by atoms with Gasteiger partial charge in [-0.1, -0.05) is 0 Å². The summed E-state index contributed by atoms with van der Waals surface area (Å²) in [5.41, 5.74) is 0.803. The van der Waals surface area contributed by atoms with Gasteiger partial charge in [0.1, 0.15) is 17.3 Å². The summed E-state index contributed by atoms with van der Waals surface area (Å²) in [6.07, 6.45) is 0. The number of anilines is 2. The van der Waals surface area contributed by atoms with Gasteiger partial charge >= 0.3 is 0 Å². The van der Waals surface area contributed by atoms with E-state index in [1.54, 1.807) is 30.3 Å². The highest BCUT2D eigenvalue weighted by molar-refractivity contribution is 7.92. The van der Waals surface area contributed by atoms with Crippen molar-refractivity contribution >= 4 is 21.7 Å². The van der Waals surface area contributed by atoms with Crippen LogP contribution in [0.25, 0.3) is 11.3 Å². The lowest BCUT2D eigenvalue weighted by Gasteiger charge is -2.37. The first-order valence-electron chi connectivity index (χ1n) is 10.5. The van der Waals surface area contributed by atoms with E-state index in [-0.39, 0.29) is 10.7 Å². The SMILES string of the molecule is COc1ccc(N2C[C@@H](C)N[C@@H](C)C2)nc1NS(=O)(=O)c1ccc(-c2ccc(C)o2)cc1. The lowest BCUT2D eigenvalue weighted by molar-refractivity contribution is 0.403. The molecule has 4 rings (SSSR count). The topological polar surface area (TPSA) is 96.7 Å². The number of hydrogen-bond donors (Lipinski definition) is 2. The second-order valence-electron chi connectivity index (χ2n) is 8.13. The maximum absolute atomic E-state index is 13.1. The molecule has 9 heteroatoms. The zero-order chi connectivity index (χ0) is 22.9. The summed E-state index contributed by atoms with van der Waals surface area (Å²) in [6, 6.07) is 14.5. The van der Waals surface area contributed by atoms with Crippen molar-refractivity contribution in [1.29, 1.82) is 0 Å². The molecule has 2 N–H and O–H groups in total. The van der Waals surface area contributed by atoms with Crippen LogP contribution in [-0.4, -0.2) is 45.7 Å². The minimum absolute atomic E-state index is 0.128. The normalized spacial score (nSPS) is 19.1. The van der Waals surface area contributed by atoms with E-state index in [4.69, 9.17) is 9.15 Å². The van der Waals surface area contributed by atoms with Crippen molar-refractivity contribution in [2.45, 2.75) is 37.8 Å². The molecule has 32 heavy (non-hydrogen) atoms. The van der Waals surface area contributed by atoms with Crippen molar-refractivity contribution in [2.24, 2.45) is 0 Å². The largest absolute Gasteiger partial charge is 0.493 e. The number of pyridine rings is 1. The molecule has 1 fully saturated rings. The summed E-state index contributed by atoms with van der Waals surface area (Å²) in [5, 5.41) is 3.48. The van der Waals surface area contributed by atoms with Gasteiger partial charge in [0.05, 0.1) is 12.0 Å². The van der Waals surface area contributed by atoms with E-state index in [1.165, 1.54) is 7.11 Å². The predicted molar refractivity (Wildman–Crippen MR) is 125 cm³/mol. The van der Waals surface area contributed by atoms with Crippen molar-refractivity contribution in [3.63, 3.8) is 0 Å². The average molecular weight is 457 g/mol. The van der Waals surface area contributed by atoms with Gasteiger partial charge in [0.15, 0.2) is 11.6 Å². The number of nitrogens with zero attached hydrogens (tertiary/aromatic N) is 2. The highest BCUT2D eigenvalue weighted by atomic mass is 32.2. The Balaban J connectivity index is 1.59. The first-order valence-corrected chi connectivity index (χ1v) is 12.0. The quantitative estimate of drug-likeness (QED) is 0.584. The Morgan fingerprint density at radius 3 is 2.34 bits per heavy atom. The van der Waals surface area contributed by atoms with Gasteiger partial charge in [-0.25, -0.2) is 13.4 Å². The maximum atomic E-state index is 13.1. The summed E-state index contributed by atoms with van der Waals surface area (Å²) in [5.74, 6) is 2.71. The standard InChI is InChI=1S/C23H28N4O4S/c1-15-13-27(14-16(2)24-15)22-12-11-21(30-4)23(25-22)26-32(28,29)19-8-6-18(7-9-19)20-10-5-17(3)31-20/h5-12,15-16,24H,13-14H2,1-4H3,(H,25,26)/t15-,16+. The number of furan rings is 1. The van der Waals surface area contributed by atoms with Gasteiger partial charge < -0.3 is 19.4 Å². The van der Waals surface area contributed by atoms with Crippen molar-refractivity contribution in [1.82, 2.24) is 10.3 Å². The zero-order valence-corrected chi connectivity index (χ0v) is 19.4. The highest BCUT2D eigenvalue weighted by Crippen LogP contribution is 2.29. The molecule has 0 amide bonds. The summed E-state index contributed by atoms with van der Waals surface area (Å²) in [6.45, 7) is 7.66. The van der Waals surface area contributed by atoms with Crippen LogP contribution < -0.4 is 19.7 Å². The van der Waals surface area contributed by atoms with Crippen LogP contribution >= 0.6 is 0 Å². The van der Waals surface area contributed by atoms with Gasteiger partial charge in [0.2, 0.25) is 0 Å². The van der Waals surface area contributed by atoms with Crippen LogP contribution in [0.2, 0.25) is 0 Å². The van der Waals surface area contributed by atoms with Crippen LogP contribution in [0.4, 0.5) is 11.6 Å². The number of methoxy groups -OCH3 is 1. The molecule has 1 aliphatic heterocycles. The molecule has 3 heterocycles. The zero-order valence-electron chi connectivity index (χ0n) is 18.6. The van der Waals surface area contributed by atoms with E-state index in [1.807, 2.05) is 25.1 Å². The second kappa shape index (κ2) is 8.84. The monoisotopic (exact) mass is 456 g/mol. The van der Waals surface area contributed by atoms with Gasteiger partial charge in [0.25, 0.3) is 10.0 Å². The molecule has 3 aromatic rings. The fraction of sp³-hybridized carbons (Fsp3) is 0.348. The number of rotatable bonds is 6. The Morgan fingerprint density at radius 1 is 1.06 bits per heavy atom. The molecule has 1 aliphatic rings. The van der Waals surface area contributed by atoms with Crippen molar-refractivity contribution < 1.29 is 17.6 Å². The number of aromatic nitrogens is 1. The molecule has 170 valence electrons. The van der Waals surface area contributed by atoms with E-state index >= 15 is 0 Å². The number of sulfonamides is 1. The molecule has 0 unspecified atom stereocenters. The van der Waals surface area contributed by atoms with Crippen LogP contribution in [0.15, 0.2) is 57.8 Å². The lowest BCUT2D eigenvalue weighted by Crippen LogP contribution is -2.54. The molecule has 2 atom stereocenters. The minimum Gasteiger partial charge on any atom is -0.493 e. The lowest BCUT2D eigenvalue weighted by atomic mass is 10.1. The molecule has 1 saturated heterocycles. The van der Waals surface area contributed by atoms with E-state index in [0.29, 0.717) is 29.4 Å². The van der Waals surface area contributed by atoms with E-state index in [2.05, 4.69) is 33.8 Å². The molecule has 0 bridgehead atoms. The van der Waals surface area contributed by atoms with E-state index < -0.39 is 10.0 Å². The minimum atomic E-state index is -3.86. The van der Waals surface area contributed by atoms with Crippen LogP contribution in [0.5, 0.6) is 5.75 Å². The van der Waals surface area contributed by atoms with E-state index in [0.717, 1.165) is 24.4 Å². The number of nitrogens with one attached hydrogen (secondary N) is 2. The van der Waals surface area contributed by atoms with Crippen LogP contribution in [0, 0.1) is 6.92 Å². The van der Waals surface area contributed by atoms with Crippen LogP contribution in [-0.2, 0) is 10.0 Å². The van der Waals surface area contributed by atoms with Crippen molar-refractivity contribution in [2.75, 3.05) is 29.8 Å². The number of benzene rings is 1. The Bertz CT molecular complexity index is 1180. The number of hydrogen-bond acceptors (Lipinski definition) is 7. The summed E-state index contributed by atoms with van der Waals surface area (Å²) >= 11 is 0. The molecule has 2 aromatic heterocycles. The second-order valence-corrected chi connectivity index (χ2v) is 9.82. The fourth-order valence-electron chi connectivity index (χ4n) is 3.94. The summed E-state index contributed by atoms with van der Waals surface area (Å²) in [4.78, 5) is 6.85. The Labute approximate surface area is 188 Å². The number of aryl methyl sites for hydroxylation is 1. The Hall–Kier alpha value is -3.04. The molecule has 0 aliphatic carbocycles. The average Bonchev–Trinajstić information content (AvgIpc) is 3.19. The maximum Gasteiger partial charge on any atom is 0.263 e. The number of piperazine rings is 1. The molecule has 1 aromatic carbocycles. The fourth-order valence-corrected chi connectivity index (χ4v) is 4.95. The summed E-state index contributed by atoms with van der Waals surface area (Å²) < 4.78 is 39.7. The third kappa shape index (κ3) is 4.73. The third-order valence-corrected chi connectivity index (χ3v) is 6.72. The van der Waals surface area contributed by atoms with Gasteiger partial charge in [-0.15, -0.1) is 0 Å². The third-order valence-electron chi connectivity index (χ3n) is 5.37. The molecule has 0 spiro atoms. The van der Waals surface area contributed by atoms with Gasteiger partial charge in [-0.3, -0.25) is 4.72 Å². The van der Waals surface area contributed by atoms with Gasteiger partial charge in [0, 0.05) is 30.7 Å².